The zero-order chi connectivity index (χ0) is 20.4. The Balaban J connectivity index is 2.05. The predicted octanol–water partition coefficient (Wildman–Crippen LogP) is 4.64. The third-order valence-electron chi connectivity index (χ3n) is 4.92. The van der Waals surface area contributed by atoms with Gasteiger partial charge in [-0.2, -0.15) is 0 Å². The molecule has 0 fully saturated rings. The predicted molar refractivity (Wildman–Crippen MR) is 115 cm³/mol. The molecule has 1 N–H and O–H groups in total. The maximum absolute atomic E-state index is 12.7. The summed E-state index contributed by atoms with van der Waals surface area (Å²) in [6.45, 7) is 7.11. The molecule has 1 atom stereocenters. The van der Waals surface area contributed by atoms with Gasteiger partial charge in [0.1, 0.15) is 0 Å². The second-order valence-electron chi connectivity index (χ2n) is 7.55. The molecule has 0 radical (unpaired) electrons. The summed E-state index contributed by atoms with van der Waals surface area (Å²) in [5.74, 6) is 1.65. The fourth-order valence-corrected chi connectivity index (χ4v) is 4.10. The molecule has 7 heteroatoms. The fourth-order valence-electron chi connectivity index (χ4n) is 3.60. The number of rotatable bonds is 6. The Kier molecular flexibility index (Phi) is 6.50. The molecule has 1 aliphatic carbocycles. The molecule has 152 valence electrons. The number of ether oxygens (including phenoxy) is 2. The second-order valence-corrected chi connectivity index (χ2v) is 8.34. The van der Waals surface area contributed by atoms with Gasteiger partial charge in [0.25, 0.3) is 0 Å². The molecule has 0 spiro atoms. The van der Waals surface area contributed by atoms with Crippen molar-refractivity contribution >= 4 is 34.7 Å². The zero-order valence-corrected chi connectivity index (χ0v) is 18.4. The van der Waals surface area contributed by atoms with Crippen LogP contribution in [-0.2, 0) is 4.79 Å². The summed E-state index contributed by atoms with van der Waals surface area (Å²) in [5, 5.41) is 4.38. The van der Waals surface area contributed by atoms with Crippen molar-refractivity contribution in [3.63, 3.8) is 0 Å². The second kappa shape index (κ2) is 8.70. The average Bonchev–Trinajstić information content (AvgIpc) is 2.64. The van der Waals surface area contributed by atoms with Crippen molar-refractivity contribution < 1.29 is 14.3 Å². The third-order valence-corrected chi connectivity index (χ3v) is 5.59. The minimum absolute atomic E-state index is 0.155. The maximum atomic E-state index is 12.7. The van der Waals surface area contributed by atoms with Crippen LogP contribution in [0.15, 0.2) is 23.4 Å². The number of carbonyl (C=O) groups excluding carboxylic acids is 1. The van der Waals surface area contributed by atoms with E-state index in [0.29, 0.717) is 47.2 Å². The molecule has 5 nitrogen and oxygen atoms in total. The van der Waals surface area contributed by atoms with Crippen molar-refractivity contribution in [3.05, 3.63) is 34.0 Å². The summed E-state index contributed by atoms with van der Waals surface area (Å²) >= 11 is 12.1. The number of hydrogen-bond donors (Lipinski definition) is 1. The number of Topliss-reactive ketones (excluding diaryl/α,β-unsaturated/α-hetero) is 1. The number of halogens is 1. The van der Waals surface area contributed by atoms with Gasteiger partial charge in [0.2, 0.25) is 0 Å². The zero-order valence-electron chi connectivity index (χ0n) is 16.8. The van der Waals surface area contributed by atoms with Crippen LogP contribution in [0, 0.1) is 5.92 Å². The van der Waals surface area contributed by atoms with Crippen molar-refractivity contribution in [1.82, 2.24) is 10.2 Å². The Morgan fingerprint density at radius 2 is 2.07 bits per heavy atom. The van der Waals surface area contributed by atoms with E-state index >= 15 is 0 Å². The molecular formula is C21H27ClN2O3S. The minimum Gasteiger partial charge on any atom is -0.490 e. The SMILES string of the molecule is CCOc1cc(C2NC(=S)N(C)C3=C2C(=O)CCC3)cc(Cl)c1OCC(C)C. The smallest absolute Gasteiger partial charge is 0.179 e. The molecule has 0 saturated heterocycles. The Morgan fingerprint density at radius 1 is 1.32 bits per heavy atom. The van der Waals surface area contributed by atoms with E-state index < -0.39 is 0 Å². The summed E-state index contributed by atoms with van der Waals surface area (Å²) in [6, 6.07) is 3.42. The third kappa shape index (κ3) is 4.13. The lowest BCUT2D eigenvalue weighted by atomic mass is 9.85. The minimum atomic E-state index is -0.331. The Morgan fingerprint density at radius 3 is 2.75 bits per heavy atom. The molecule has 0 aromatic heterocycles. The highest BCUT2D eigenvalue weighted by atomic mass is 35.5. The molecule has 0 saturated carbocycles. The van der Waals surface area contributed by atoms with Crippen molar-refractivity contribution in [1.29, 1.82) is 0 Å². The number of ketones is 1. The Hall–Kier alpha value is -1.79. The lowest BCUT2D eigenvalue weighted by Crippen LogP contribution is -2.47. The fraction of sp³-hybridized carbons (Fsp3) is 0.524. The van der Waals surface area contributed by atoms with Crippen LogP contribution >= 0.6 is 23.8 Å². The first-order chi connectivity index (χ1) is 13.3. The first kappa shape index (κ1) is 20.9. The number of carbonyl (C=O) groups is 1. The van der Waals surface area contributed by atoms with E-state index in [2.05, 4.69) is 19.2 Å². The highest BCUT2D eigenvalue weighted by molar-refractivity contribution is 7.80. The van der Waals surface area contributed by atoms with Crippen molar-refractivity contribution in [3.8, 4) is 11.5 Å². The van der Waals surface area contributed by atoms with Crippen molar-refractivity contribution in [2.24, 2.45) is 5.92 Å². The van der Waals surface area contributed by atoms with E-state index in [4.69, 9.17) is 33.3 Å². The monoisotopic (exact) mass is 422 g/mol. The summed E-state index contributed by atoms with van der Waals surface area (Å²) in [4.78, 5) is 14.7. The first-order valence-corrected chi connectivity index (χ1v) is 10.5. The molecule has 2 aliphatic rings. The number of hydrogen-bond acceptors (Lipinski definition) is 4. The van der Waals surface area contributed by atoms with Crippen LogP contribution in [0.5, 0.6) is 11.5 Å². The number of benzene rings is 1. The lowest BCUT2D eigenvalue weighted by molar-refractivity contribution is -0.116. The highest BCUT2D eigenvalue weighted by Gasteiger charge is 2.36. The molecule has 3 rings (SSSR count). The quantitative estimate of drug-likeness (QED) is 0.674. The van der Waals surface area contributed by atoms with E-state index in [-0.39, 0.29) is 11.8 Å². The van der Waals surface area contributed by atoms with Gasteiger partial charge in [0.05, 0.1) is 24.3 Å². The molecule has 0 amide bonds. The molecule has 1 aliphatic heterocycles. The van der Waals surface area contributed by atoms with Crippen LogP contribution in [0.4, 0.5) is 0 Å². The molecule has 1 heterocycles. The molecule has 1 aromatic rings. The number of nitrogens with zero attached hydrogens (tertiary/aromatic N) is 1. The number of thiocarbonyl (C=S) groups is 1. The van der Waals surface area contributed by atoms with Gasteiger partial charge < -0.3 is 19.7 Å². The molecule has 0 bridgehead atoms. The topological polar surface area (TPSA) is 50.8 Å². The van der Waals surface area contributed by atoms with Gasteiger partial charge in [-0.15, -0.1) is 0 Å². The molecular weight excluding hydrogens is 396 g/mol. The van der Waals surface area contributed by atoms with Crippen LogP contribution in [0.25, 0.3) is 0 Å². The molecule has 28 heavy (non-hydrogen) atoms. The van der Waals surface area contributed by atoms with E-state index in [0.717, 1.165) is 29.7 Å². The average molecular weight is 423 g/mol. The van der Waals surface area contributed by atoms with Crippen LogP contribution in [-0.4, -0.2) is 36.1 Å². The maximum Gasteiger partial charge on any atom is 0.179 e. The van der Waals surface area contributed by atoms with Gasteiger partial charge in [0.15, 0.2) is 22.4 Å². The van der Waals surface area contributed by atoms with Gasteiger partial charge in [0, 0.05) is 24.7 Å². The number of nitrogens with one attached hydrogen (secondary N) is 1. The Labute approximate surface area is 177 Å². The molecule has 1 aromatic carbocycles. The van der Waals surface area contributed by atoms with Gasteiger partial charge in [-0.25, -0.2) is 0 Å². The van der Waals surface area contributed by atoms with Gasteiger partial charge in [-0.05, 0) is 55.6 Å². The number of allylic oxidation sites excluding steroid dienone is 1. The van der Waals surface area contributed by atoms with Gasteiger partial charge >= 0.3 is 0 Å². The van der Waals surface area contributed by atoms with E-state index in [1.54, 1.807) is 0 Å². The first-order valence-electron chi connectivity index (χ1n) is 9.73. The van der Waals surface area contributed by atoms with Gasteiger partial charge in [-0.1, -0.05) is 25.4 Å². The van der Waals surface area contributed by atoms with Crippen LogP contribution < -0.4 is 14.8 Å². The van der Waals surface area contributed by atoms with Crippen molar-refractivity contribution in [2.45, 2.75) is 46.1 Å². The van der Waals surface area contributed by atoms with Crippen LogP contribution in [0.1, 0.15) is 51.6 Å². The van der Waals surface area contributed by atoms with Gasteiger partial charge in [-0.3, -0.25) is 4.79 Å². The normalized spacial score (nSPS) is 19.6. The van der Waals surface area contributed by atoms with Crippen molar-refractivity contribution in [2.75, 3.05) is 20.3 Å². The van der Waals surface area contributed by atoms with E-state index in [9.17, 15) is 4.79 Å². The largest absolute Gasteiger partial charge is 0.490 e. The van der Waals surface area contributed by atoms with E-state index in [1.807, 2.05) is 31.0 Å². The lowest BCUT2D eigenvalue weighted by Gasteiger charge is -2.39. The van der Waals surface area contributed by atoms with E-state index in [1.165, 1.54) is 0 Å². The molecule has 1 unspecified atom stereocenters. The van der Waals surface area contributed by atoms with Crippen LogP contribution in [0.3, 0.4) is 0 Å². The summed E-state index contributed by atoms with van der Waals surface area (Å²) in [6.07, 6.45) is 2.25. The summed E-state index contributed by atoms with van der Waals surface area (Å²) in [7, 11) is 1.90. The summed E-state index contributed by atoms with van der Waals surface area (Å²) in [5.41, 5.74) is 2.62. The summed E-state index contributed by atoms with van der Waals surface area (Å²) < 4.78 is 11.7. The van der Waals surface area contributed by atoms with Crippen LogP contribution in [0.2, 0.25) is 5.02 Å². The Bertz CT molecular complexity index is 822. The standard InChI is InChI=1S/C21H27ClN2O3S/c1-5-26-17-10-13(9-14(22)20(17)27-11-12(2)3)19-18-15(7-6-8-16(18)25)24(4)21(28)23-19/h9-10,12,19H,5-8,11H2,1-4H3,(H,23,28). The highest BCUT2D eigenvalue weighted by Crippen LogP contribution is 2.42.